The van der Waals surface area contributed by atoms with Crippen LogP contribution in [0, 0.1) is 17.8 Å². The van der Waals surface area contributed by atoms with Gasteiger partial charge in [0.25, 0.3) is 0 Å². The van der Waals surface area contributed by atoms with Crippen molar-refractivity contribution < 1.29 is 20.1 Å². The Kier molecular flexibility index (Phi) is 11.7. The van der Waals surface area contributed by atoms with Crippen LogP contribution in [0.2, 0.25) is 0 Å². The molecule has 6 aliphatic rings. The molecule has 2 heterocycles. The van der Waals surface area contributed by atoms with Gasteiger partial charge in [-0.25, -0.2) is 0 Å². The summed E-state index contributed by atoms with van der Waals surface area (Å²) in [4.78, 5) is 0. The monoisotopic (exact) mass is 426 g/mol. The van der Waals surface area contributed by atoms with Crippen molar-refractivity contribution in [2.45, 2.75) is 148 Å². The minimum atomic E-state index is -0.0274. The number of rotatable bonds is 1. The molecule has 0 radical (unpaired) electrons. The van der Waals surface area contributed by atoms with Gasteiger partial charge >= 0.3 is 0 Å². The van der Waals surface area contributed by atoms with Crippen LogP contribution in [0.4, 0.5) is 0 Å². The molecule has 2 aliphatic heterocycles. The molecule has 3 N–H and O–H groups in total. The maximum absolute atomic E-state index is 9.43. The van der Waals surface area contributed by atoms with E-state index in [9.17, 15) is 10.2 Å². The summed E-state index contributed by atoms with van der Waals surface area (Å²) in [5.74, 6) is 2.44. The van der Waals surface area contributed by atoms with Crippen molar-refractivity contribution in [1.82, 2.24) is 0 Å². The second-order valence-corrected chi connectivity index (χ2v) is 10.6. The standard InChI is InChI=1S/C12H22O2.C7H14O.C6H10O.CH4/c13-11-5-1-9(2-6-11)10-3-7-12(14)8-4-10;1-6-3-2-4-7(8)5-6;1-2-5-4-6(3-1)7-5;/h9-14H,1-8H2;6-8H,2-5H2,1H3;5-6H,1-4H2;1H4. The number of aliphatic hydroxyl groups is 3. The Bertz CT molecular complexity index is 393. The summed E-state index contributed by atoms with van der Waals surface area (Å²) in [6.45, 7) is 2.21. The average Bonchev–Trinajstić information content (AvgIpc) is 2.70. The fourth-order valence-electron chi connectivity index (χ4n) is 6.05. The second-order valence-electron chi connectivity index (χ2n) is 10.6. The molecule has 6 rings (SSSR count). The zero-order valence-electron chi connectivity index (χ0n) is 18.7. The molecule has 30 heavy (non-hydrogen) atoms. The van der Waals surface area contributed by atoms with Crippen LogP contribution in [-0.2, 0) is 4.74 Å². The van der Waals surface area contributed by atoms with Crippen LogP contribution in [0.1, 0.15) is 117 Å². The lowest BCUT2D eigenvalue weighted by Crippen LogP contribution is -2.41. The van der Waals surface area contributed by atoms with Crippen LogP contribution in [0.3, 0.4) is 0 Å². The maximum Gasteiger partial charge on any atom is 0.0603 e. The van der Waals surface area contributed by atoms with Crippen molar-refractivity contribution in [3.63, 3.8) is 0 Å². The van der Waals surface area contributed by atoms with Gasteiger partial charge in [-0.05, 0) is 108 Å². The van der Waals surface area contributed by atoms with Crippen molar-refractivity contribution in [3.8, 4) is 0 Å². The van der Waals surface area contributed by atoms with Gasteiger partial charge in [0.15, 0.2) is 0 Å². The maximum atomic E-state index is 9.43. The summed E-state index contributed by atoms with van der Waals surface area (Å²) < 4.78 is 5.38. The molecule has 4 saturated carbocycles. The molecular formula is C26H50O4. The molecule has 0 amide bonds. The smallest absolute Gasteiger partial charge is 0.0603 e. The lowest BCUT2D eigenvalue weighted by molar-refractivity contribution is -0.155. The molecule has 0 aromatic heterocycles. The van der Waals surface area contributed by atoms with E-state index >= 15 is 0 Å². The van der Waals surface area contributed by atoms with E-state index in [2.05, 4.69) is 6.92 Å². The van der Waals surface area contributed by atoms with E-state index in [0.29, 0.717) is 12.2 Å². The van der Waals surface area contributed by atoms with E-state index < -0.39 is 0 Å². The Hall–Kier alpha value is -0.160. The molecule has 4 atom stereocenters. The summed E-state index contributed by atoms with van der Waals surface area (Å²) in [6.07, 6.45) is 20.2. The normalized spacial score (nSPS) is 42.8. The van der Waals surface area contributed by atoms with Crippen molar-refractivity contribution in [2.24, 2.45) is 17.8 Å². The first-order chi connectivity index (χ1) is 14.0. The minimum absolute atomic E-state index is 0. The largest absolute Gasteiger partial charge is 0.393 e. The Morgan fingerprint density at radius 3 is 1.23 bits per heavy atom. The van der Waals surface area contributed by atoms with Crippen LogP contribution in [-0.4, -0.2) is 45.8 Å². The van der Waals surface area contributed by atoms with E-state index in [0.717, 1.165) is 56.3 Å². The molecule has 2 saturated heterocycles. The van der Waals surface area contributed by atoms with E-state index in [-0.39, 0.29) is 25.7 Å². The quantitative estimate of drug-likeness (QED) is 0.510. The lowest BCUT2D eigenvalue weighted by atomic mass is 9.72. The average molecular weight is 427 g/mol. The number of fused-ring (bicyclic) bond motifs is 2. The highest BCUT2D eigenvalue weighted by Gasteiger charge is 2.33. The van der Waals surface area contributed by atoms with Crippen LogP contribution >= 0.6 is 0 Å². The van der Waals surface area contributed by atoms with Gasteiger partial charge < -0.3 is 20.1 Å². The Morgan fingerprint density at radius 1 is 0.533 bits per heavy atom. The molecule has 4 heteroatoms. The number of aliphatic hydroxyl groups excluding tert-OH is 3. The third kappa shape index (κ3) is 8.76. The summed E-state index contributed by atoms with van der Waals surface area (Å²) >= 11 is 0. The molecule has 6 fully saturated rings. The fourth-order valence-corrected chi connectivity index (χ4v) is 6.05. The summed E-state index contributed by atoms with van der Waals surface area (Å²) in [7, 11) is 0. The zero-order valence-corrected chi connectivity index (χ0v) is 18.7. The summed E-state index contributed by atoms with van der Waals surface area (Å²) in [6, 6.07) is 0. The van der Waals surface area contributed by atoms with Crippen LogP contribution < -0.4 is 0 Å². The zero-order chi connectivity index (χ0) is 20.6. The lowest BCUT2D eigenvalue weighted by Gasteiger charge is -2.41. The van der Waals surface area contributed by atoms with E-state index in [1.165, 1.54) is 64.2 Å². The van der Waals surface area contributed by atoms with Gasteiger partial charge in [0.1, 0.15) is 0 Å². The Labute approximate surface area is 185 Å². The first-order valence-electron chi connectivity index (χ1n) is 12.7. The highest BCUT2D eigenvalue weighted by Crippen LogP contribution is 2.38. The van der Waals surface area contributed by atoms with Gasteiger partial charge in [-0.15, -0.1) is 0 Å². The predicted molar refractivity (Wildman–Crippen MR) is 123 cm³/mol. The van der Waals surface area contributed by atoms with Crippen molar-refractivity contribution in [2.75, 3.05) is 0 Å². The topological polar surface area (TPSA) is 69.9 Å². The molecule has 0 spiro atoms. The van der Waals surface area contributed by atoms with Crippen molar-refractivity contribution in [1.29, 1.82) is 0 Å². The van der Waals surface area contributed by atoms with Crippen molar-refractivity contribution in [3.05, 3.63) is 0 Å². The predicted octanol–water partition coefficient (Wildman–Crippen LogP) is 5.61. The molecule has 4 unspecified atom stereocenters. The third-order valence-electron chi connectivity index (χ3n) is 8.02. The Morgan fingerprint density at radius 2 is 0.967 bits per heavy atom. The van der Waals surface area contributed by atoms with E-state index in [1.807, 2.05) is 0 Å². The highest BCUT2D eigenvalue weighted by molar-refractivity contribution is 4.83. The number of hydrogen-bond acceptors (Lipinski definition) is 4. The SMILES string of the molecule is C.C1CC2CC(C1)O2.CC1CCCC(O)C1.OC1CCC(C2CCC(O)CC2)CC1. The van der Waals surface area contributed by atoms with Gasteiger partial charge in [-0.2, -0.15) is 0 Å². The first kappa shape index (κ1) is 26.1. The Balaban J connectivity index is 0.000000170. The summed E-state index contributed by atoms with van der Waals surface area (Å²) in [5, 5.41) is 27.9. The number of ether oxygens (including phenoxy) is 1. The van der Waals surface area contributed by atoms with E-state index in [4.69, 9.17) is 9.84 Å². The molecule has 0 aromatic carbocycles. The first-order valence-corrected chi connectivity index (χ1v) is 12.7. The van der Waals surface area contributed by atoms with Gasteiger partial charge in [0.2, 0.25) is 0 Å². The van der Waals surface area contributed by atoms with Gasteiger partial charge in [-0.1, -0.05) is 27.2 Å². The van der Waals surface area contributed by atoms with Crippen LogP contribution in [0.25, 0.3) is 0 Å². The van der Waals surface area contributed by atoms with Crippen molar-refractivity contribution >= 4 is 0 Å². The molecule has 0 aromatic rings. The molecule has 178 valence electrons. The van der Waals surface area contributed by atoms with Gasteiger partial charge in [-0.3, -0.25) is 0 Å². The van der Waals surface area contributed by atoms with Gasteiger partial charge in [0, 0.05) is 0 Å². The minimum Gasteiger partial charge on any atom is -0.393 e. The number of hydrogen-bond donors (Lipinski definition) is 3. The second kappa shape index (κ2) is 13.4. The molecule has 2 bridgehead atoms. The summed E-state index contributed by atoms with van der Waals surface area (Å²) in [5.41, 5.74) is 0. The van der Waals surface area contributed by atoms with Crippen LogP contribution in [0.15, 0.2) is 0 Å². The van der Waals surface area contributed by atoms with Crippen LogP contribution in [0.5, 0.6) is 0 Å². The molecule has 4 aliphatic carbocycles. The molecule has 4 nitrogen and oxygen atoms in total. The third-order valence-corrected chi connectivity index (χ3v) is 8.02. The highest BCUT2D eigenvalue weighted by atomic mass is 16.5. The molecular weight excluding hydrogens is 376 g/mol. The fraction of sp³-hybridized carbons (Fsp3) is 1.00. The van der Waals surface area contributed by atoms with E-state index in [1.54, 1.807) is 0 Å². The van der Waals surface area contributed by atoms with Gasteiger partial charge in [0.05, 0.1) is 30.5 Å².